The van der Waals surface area contributed by atoms with E-state index in [0.29, 0.717) is 28.6 Å². The fraction of sp³-hybridized carbons (Fsp3) is 0.350. The minimum atomic E-state index is -0.224. The molecule has 0 spiro atoms. The van der Waals surface area contributed by atoms with Gasteiger partial charge in [0.15, 0.2) is 11.5 Å². The third-order valence-electron chi connectivity index (χ3n) is 3.72. The van der Waals surface area contributed by atoms with Crippen molar-refractivity contribution >= 4 is 5.91 Å². The first-order valence-electron chi connectivity index (χ1n) is 8.33. The lowest BCUT2D eigenvalue weighted by Crippen LogP contribution is -2.24. The summed E-state index contributed by atoms with van der Waals surface area (Å²) in [5.74, 6) is 1.91. The number of nitrogens with one attached hydrogen (secondary N) is 1. The van der Waals surface area contributed by atoms with Gasteiger partial charge in [0.1, 0.15) is 5.75 Å². The molecule has 1 amide bonds. The van der Waals surface area contributed by atoms with Crippen molar-refractivity contribution in [3.63, 3.8) is 0 Å². The normalized spacial score (nSPS) is 10.4. The number of amides is 1. The summed E-state index contributed by atoms with van der Waals surface area (Å²) >= 11 is 0. The highest BCUT2D eigenvalue weighted by Gasteiger charge is 2.18. The van der Waals surface area contributed by atoms with Crippen molar-refractivity contribution in [2.75, 3.05) is 21.3 Å². The number of methoxy groups -OCH3 is 3. The van der Waals surface area contributed by atoms with Gasteiger partial charge in [-0.05, 0) is 38.1 Å². The van der Waals surface area contributed by atoms with Crippen LogP contribution in [0, 0.1) is 0 Å². The molecule has 0 aliphatic carbocycles. The molecule has 1 N–H and O–H groups in total. The van der Waals surface area contributed by atoms with Gasteiger partial charge in [-0.25, -0.2) is 0 Å². The maximum absolute atomic E-state index is 12.6. The summed E-state index contributed by atoms with van der Waals surface area (Å²) in [6, 6.07) is 10.8. The number of benzene rings is 2. The second kappa shape index (κ2) is 8.99. The molecular weight excluding hydrogens is 334 g/mol. The SMILES string of the molecule is COc1ccc(CNC(=O)c2ccccc2OC(C)C)c(OC)c1OC. The van der Waals surface area contributed by atoms with Crippen LogP contribution in [-0.4, -0.2) is 33.3 Å². The second-order valence-electron chi connectivity index (χ2n) is 5.84. The first-order chi connectivity index (χ1) is 12.5. The van der Waals surface area contributed by atoms with Crippen LogP contribution in [0.25, 0.3) is 0 Å². The number of carbonyl (C=O) groups is 1. The standard InChI is InChI=1S/C20H25NO5/c1-13(2)26-16-9-7-6-8-15(16)20(22)21-12-14-10-11-17(23-3)19(25-5)18(14)24-4/h6-11,13H,12H2,1-5H3,(H,21,22). The van der Waals surface area contributed by atoms with Crippen molar-refractivity contribution in [3.05, 3.63) is 47.5 Å². The van der Waals surface area contributed by atoms with Crippen molar-refractivity contribution in [3.8, 4) is 23.0 Å². The topological polar surface area (TPSA) is 66.0 Å². The highest BCUT2D eigenvalue weighted by Crippen LogP contribution is 2.39. The maximum atomic E-state index is 12.6. The van der Waals surface area contributed by atoms with E-state index in [0.717, 1.165) is 5.56 Å². The Morgan fingerprint density at radius 3 is 2.23 bits per heavy atom. The molecule has 2 aromatic rings. The van der Waals surface area contributed by atoms with E-state index >= 15 is 0 Å². The van der Waals surface area contributed by atoms with Gasteiger partial charge in [0.2, 0.25) is 5.75 Å². The van der Waals surface area contributed by atoms with Crippen LogP contribution in [0.2, 0.25) is 0 Å². The van der Waals surface area contributed by atoms with Crippen molar-refractivity contribution in [2.24, 2.45) is 0 Å². The number of rotatable bonds is 8. The van der Waals surface area contributed by atoms with E-state index in [1.54, 1.807) is 45.6 Å². The van der Waals surface area contributed by atoms with Crippen molar-refractivity contribution < 1.29 is 23.7 Å². The molecule has 6 nitrogen and oxygen atoms in total. The van der Waals surface area contributed by atoms with Crippen LogP contribution in [0.5, 0.6) is 23.0 Å². The first-order valence-corrected chi connectivity index (χ1v) is 8.33. The highest BCUT2D eigenvalue weighted by molar-refractivity contribution is 5.96. The van der Waals surface area contributed by atoms with Crippen molar-refractivity contribution in [1.82, 2.24) is 5.32 Å². The summed E-state index contributed by atoms with van der Waals surface area (Å²) in [6.45, 7) is 4.12. The Morgan fingerprint density at radius 1 is 0.923 bits per heavy atom. The van der Waals surface area contributed by atoms with Gasteiger partial charge < -0.3 is 24.3 Å². The zero-order valence-electron chi connectivity index (χ0n) is 15.8. The summed E-state index contributed by atoms with van der Waals surface area (Å²) in [4.78, 5) is 12.6. The molecule has 2 rings (SSSR count). The molecule has 0 saturated carbocycles. The maximum Gasteiger partial charge on any atom is 0.255 e. The fourth-order valence-corrected chi connectivity index (χ4v) is 2.58. The van der Waals surface area contributed by atoms with E-state index in [9.17, 15) is 4.79 Å². The number of ether oxygens (including phenoxy) is 4. The largest absolute Gasteiger partial charge is 0.493 e. The van der Waals surface area contributed by atoms with Crippen LogP contribution >= 0.6 is 0 Å². The van der Waals surface area contributed by atoms with Crippen LogP contribution in [0.4, 0.5) is 0 Å². The second-order valence-corrected chi connectivity index (χ2v) is 5.84. The number of hydrogen-bond donors (Lipinski definition) is 1. The quantitative estimate of drug-likeness (QED) is 0.782. The van der Waals surface area contributed by atoms with E-state index in [1.165, 1.54) is 0 Å². The zero-order valence-corrected chi connectivity index (χ0v) is 15.8. The molecule has 0 bridgehead atoms. The van der Waals surface area contributed by atoms with Crippen molar-refractivity contribution in [2.45, 2.75) is 26.5 Å². The molecule has 140 valence electrons. The van der Waals surface area contributed by atoms with Gasteiger partial charge in [0.25, 0.3) is 5.91 Å². The van der Waals surface area contributed by atoms with Crippen LogP contribution in [0.3, 0.4) is 0 Å². The predicted molar refractivity (Wildman–Crippen MR) is 99.5 cm³/mol. The average Bonchev–Trinajstić information content (AvgIpc) is 2.64. The number of para-hydroxylation sites is 1. The summed E-state index contributed by atoms with van der Waals surface area (Å²) < 4.78 is 21.8. The third kappa shape index (κ3) is 4.39. The minimum absolute atomic E-state index is 0.0186. The van der Waals surface area contributed by atoms with Crippen LogP contribution in [0.15, 0.2) is 36.4 Å². The van der Waals surface area contributed by atoms with E-state index in [4.69, 9.17) is 18.9 Å². The summed E-state index contributed by atoms with van der Waals surface area (Å²) in [5, 5.41) is 2.90. The van der Waals surface area contributed by atoms with E-state index in [-0.39, 0.29) is 18.6 Å². The minimum Gasteiger partial charge on any atom is -0.493 e. The molecule has 0 unspecified atom stereocenters. The van der Waals surface area contributed by atoms with E-state index in [2.05, 4.69) is 5.32 Å². The predicted octanol–water partition coefficient (Wildman–Crippen LogP) is 3.43. The Kier molecular flexibility index (Phi) is 6.72. The van der Waals surface area contributed by atoms with E-state index in [1.807, 2.05) is 26.0 Å². The number of carbonyl (C=O) groups excluding carboxylic acids is 1. The summed E-state index contributed by atoms with van der Waals surface area (Å²) in [7, 11) is 4.65. The van der Waals surface area contributed by atoms with Gasteiger partial charge in [-0.3, -0.25) is 4.79 Å². The summed E-state index contributed by atoms with van der Waals surface area (Å²) in [6.07, 6.45) is -0.0186. The highest BCUT2D eigenvalue weighted by atomic mass is 16.5. The Bertz CT molecular complexity index is 758. The van der Waals surface area contributed by atoms with Gasteiger partial charge in [-0.2, -0.15) is 0 Å². The lowest BCUT2D eigenvalue weighted by atomic mass is 10.1. The van der Waals surface area contributed by atoms with E-state index < -0.39 is 0 Å². The molecule has 2 aromatic carbocycles. The lowest BCUT2D eigenvalue weighted by molar-refractivity contribution is 0.0944. The van der Waals surface area contributed by atoms with Gasteiger partial charge in [0.05, 0.1) is 33.0 Å². The third-order valence-corrected chi connectivity index (χ3v) is 3.72. The van der Waals surface area contributed by atoms with Crippen LogP contribution in [-0.2, 0) is 6.54 Å². The Morgan fingerprint density at radius 2 is 1.62 bits per heavy atom. The van der Waals surface area contributed by atoms with Gasteiger partial charge in [-0.1, -0.05) is 12.1 Å². The number of hydrogen-bond acceptors (Lipinski definition) is 5. The molecule has 26 heavy (non-hydrogen) atoms. The average molecular weight is 359 g/mol. The van der Waals surface area contributed by atoms with Gasteiger partial charge in [-0.15, -0.1) is 0 Å². The molecule has 0 aromatic heterocycles. The molecule has 0 atom stereocenters. The van der Waals surface area contributed by atoms with Gasteiger partial charge >= 0.3 is 0 Å². The zero-order chi connectivity index (χ0) is 19.1. The van der Waals surface area contributed by atoms with Gasteiger partial charge in [0, 0.05) is 12.1 Å². The first kappa shape index (κ1) is 19.4. The molecule has 0 fully saturated rings. The van der Waals surface area contributed by atoms with Crippen molar-refractivity contribution in [1.29, 1.82) is 0 Å². The lowest BCUT2D eigenvalue weighted by Gasteiger charge is -2.17. The smallest absolute Gasteiger partial charge is 0.255 e. The van der Waals surface area contributed by atoms with Crippen LogP contribution in [0.1, 0.15) is 29.8 Å². The molecule has 0 aliphatic heterocycles. The Hall–Kier alpha value is -2.89. The molecule has 0 heterocycles. The fourth-order valence-electron chi connectivity index (χ4n) is 2.58. The summed E-state index contributed by atoms with van der Waals surface area (Å²) in [5.41, 5.74) is 1.27. The molecule has 0 radical (unpaired) electrons. The van der Waals surface area contributed by atoms with Crippen LogP contribution < -0.4 is 24.3 Å². The monoisotopic (exact) mass is 359 g/mol. The Labute approximate surface area is 154 Å². The molecule has 6 heteroatoms. The Balaban J connectivity index is 2.20. The molecular formula is C20H25NO5. The molecule has 0 saturated heterocycles. The molecule has 0 aliphatic rings.